The van der Waals surface area contributed by atoms with Crippen molar-refractivity contribution < 1.29 is 18.9 Å². The summed E-state index contributed by atoms with van der Waals surface area (Å²) in [7, 11) is 4.78. The van der Waals surface area contributed by atoms with Crippen molar-refractivity contribution in [2.75, 3.05) is 64.4 Å². The molecule has 1 fully saturated rings. The fourth-order valence-corrected chi connectivity index (χ4v) is 6.22. The Balaban J connectivity index is 1.52. The van der Waals surface area contributed by atoms with E-state index in [0.717, 1.165) is 52.2 Å². The number of benzene rings is 2. The minimum atomic E-state index is 0.366. The van der Waals surface area contributed by atoms with Crippen LogP contribution in [0, 0.1) is 11.8 Å². The number of hydrogen-bond donors (Lipinski definition) is 1. The molecule has 1 saturated heterocycles. The standard InChI is InChI=1S/C33H31Cl2N5O4/c1-5-6-7-36-24-15-21(27(41-2)17-26(24)39-10-12-44-13-11-39)23-16-25-20(19-38-23)14-22(33-37-8-9-40(25)33)30-31(34)28(42-3)18-29(43-4)32(30)35/h8-9,14-19,36H,7,10-13H2,1-4H3. The van der Waals surface area contributed by atoms with E-state index < -0.39 is 0 Å². The average Bonchev–Trinajstić information content (AvgIpc) is 3.56. The Hall–Kier alpha value is -4.36. The van der Waals surface area contributed by atoms with Crippen molar-refractivity contribution in [3.63, 3.8) is 0 Å². The lowest BCUT2D eigenvalue weighted by molar-refractivity contribution is 0.122. The lowest BCUT2D eigenvalue weighted by Gasteiger charge is -2.31. The molecular formula is C33H31Cl2N5O4. The van der Waals surface area contributed by atoms with Gasteiger partial charge in [-0.2, -0.15) is 0 Å². The second kappa shape index (κ2) is 12.7. The Morgan fingerprint density at radius 2 is 1.64 bits per heavy atom. The topological polar surface area (TPSA) is 82.4 Å². The molecule has 4 heterocycles. The summed E-state index contributed by atoms with van der Waals surface area (Å²) in [4.78, 5) is 11.9. The number of morpholine rings is 1. The molecule has 1 aliphatic heterocycles. The van der Waals surface area contributed by atoms with Gasteiger partial charge in [0.15, 0.2) is 0 Å². The van der Waals surface area contributed by atoms with Gasteiger partial charge in [-0.15, -0.1) is 5.92 Å². The Morgan fingerprint density at radius 3 is 2.32 bits per heavy atom. The average molecular weight is 633 g/mol. The van der Waals surface area contributed by atoms with E-state index in [1.807, 2.05) is 35.9 Å². The summed E-state index contributed by atoms with van der Waals surface area (Å²) in [6.45, 7) is 5.28. The molecule has 6 rings (SSSR count). The first-order valence-electron chi connectivity index (χ1n) is 14.0. The maximum Gasteiger partial charge on any atom is 0.145 e. The first-order chi connectivity index (χ1) is 21.5. The number of ether oxygens (including phenoxy) is 4. The molecule has 9 nitrogen and oxygen atoms in total. The van der Waals surface area contributed by atoms with Gasteiger partial charge in [-0.05, 0) is 25.1 Å². The fraction of sp³-hybridized carbons (Fsp3) is 0.273. The number of hydrogen-bond acceptors (Lipinski definition) is 8. The number of anilines is 2. The highest BCUT2D eigenvalue weighted by molar-refractivity contribution is 6.41. The lowest BCUT2D eigenvalue weighted by atomic mass is 10.0. The highest BCUT2D eigenvalue weighted by Crippen LogP contribution is 2.48. The largest absolute Gasteiger partial charge is 0.496 e. The van der Waals surface area contributed by atoms with Gasteiger partial charge in [-0.1, -0.05) is 29.1 Å². The van der Waals surface area contributed by atoms with Gasteiger partial charge in [-0.25, -0.2) is 4.98 Å². The minimum Gasteiger partial charge on any atom is -0.496 e. The molecule has 0 aliphatic carbocycles. The van der Waals surface area contributed by atoms with Gasteiger partial charge in [0.05, 0.1) is 73.7 Å². The molecule has 11 heteroatoms. The molecule has 1 N–H and O–H groups in total. The highest BCUT2D eigenvalue weighted by atomic mass is 35.5. The zero-order valence-electron chi connectivity index (χ0n) is 24.8. The summed E-state index contributed by atoms with van der Waals surface area (Å²) in [5, 5.41) is 5.09. The predicted octanol–water partition coefficient (Wildman–Crippen LogP) is 6.82. The number of nitrogens with zero attached hydrogens (tertiary/aromatic N) is 4. The number of halogens is 2. The molecule has 0 radical (unpaired) electrons. The maximum atomic E-state index is 6.81. The van der Waals surface area contributed by atoms with Gasteiger partial charge in [0.2, 0.25) is 0 Å². The normalized spacial score (nSPS) is 13.1. The third kappa shape index (κ3) is 5.30. The van der Waals surface area contributed by atoms with Crippen LogP contribution in [0.25, 0.3) is 38.9 Å². The molecule has 0 unspecified atom stereocenters. The van der Waals surface area contributed by atoms with Crippen molar-refractivity contribution in [1.29, 1.82) is 0 Å². The van der Waals surface area contributed by atoms with Crippen LogP contribution in [0.15, 0.2) is 48.9 Å². The van der Waals surface area contributed by atoms with Crippen LogP contribution in [0.1, 0.15) is 6.92 Å². The van der Waals surface area contributed by atoms with E-state index in [-0.39, 0.29) is 0 Å². The molecule has 0 spiro atoms. The van der Waals surface area contributed by atoms with Crippen LogP contribution in [-0.2, 0) is 4.74 Å². The van der Waals surface area contributed by atoms with E-state index in [2.05, 4.69) is 39.2 Å². The molecule has 2 aromatic carbocycles. The summed E-state index contributed by atoms with van der Waals surface area (Å²) >= 11 is 13.6. The molecule has 226 valence electrons. The summed E-state index contributed by atoms with van der Waals surface area (Å²) < 4.78 is 24.5. The zero-order valence-corrected chi connectivity index (χ0v) is 26.3. The van der Waals surface area contributed by atoms with Gasteiger partial charge >= 0.3 is 0 Å². The van der Waals surface area contributed by atoms with Crippen molar-refractivity contribution >= 4 is 51.1 Å². The van der Waals surface area contributed by atoms with Crippen LogP contribution in [0.2, 0.25) is 10.0 Å². The number of methoxy groups -OCH3 is 3. The van der Waals surface area contributed by atoms with Crippen molar-refractivity contribution in [3.05, 3.63) is 59.0 Å². The SMILES string of the molecule is CC#CCNc1cc(-c2cc3c(cn2)cc(-c2c(Cl)c(OC)cc(OC)c2Cl)c2nccn23)c(OC)cc1N1CCOCC1. The van der Waals surface area contributed by atoms with Crippen LogP contribution in [0.5, 0.6) is 17.2 Å². The summed E-state index contributed by atoms with van der Waals surface area (Å²) in [6.07, 6.45) is 5.48. The summed E-state index contributed by atoms with van der Waals surface area (Å²) in [5.41, 5.74) is 6.44. The second-order valence-electron chi connectivity index (χ2n) is 10.0. The van der Waals surface area contributed by atoms with Gasteiger partial charge in [0.1, 0.15) is 22.9 Å². The van der Waals surface area contributed by atoms with Crippen LogP contribution < -0.4 is 24.4 Å². The smallest absolute Gasteiger partial charge is 0.145 e. The Morgan fingerprint density at radius 1 is 0.909 bits per heavy atom. The molecule has 0 atom stereocenters. The second-order valence-corrected chi connectivity index (χ2v) is 10.8. The lowest BCUT2D eigenvalue weighted by Crippen LogP contribution is -2.36. The Kier molecular flexibility index (Phi) is 8.58. The number of nitrogens with one attached hydrogen (secondary N) is 1. The third-order valence-electron chi connectivity index (χ3n) is 7.69. The van der Waals surface area contributed by atoms with Crippen LogP contribution >= 0.6 is 23.2 Å². The van der Waals surface area contributed by atoms with E-state index in [9.17, 15) is 0 Å². The van der Waals surface area contributed by atoms with Crippen LogP contribution in [-0.4, -0.2) is 68.5 Å². The van der Waals surface area contributed by atoms with E-state index in [0.29, 0.717) is 58.3 Å². The van der Waals surface area contributed by atoms with Crippen LogP contribution in [0.4, 0.5) is 11.4 Å². The third-order valence-corrected chi connectivity index (χ3v) is 8.44. The Labute approximate surface area is 265 Å². The van der Waals surface area contributed by atoms with E-state index in [1.165, 1.54) is 0 Å². The number of pyridine rings is 2. The maximum absolute atomic E-state index is 6.81. The molecule has 5 aromatic rings. The molecule has 0 saturated carbocycles. The molecular weight excluding hydrogens is 601 g/mol. The number of imidazole rings is 1. The highest BCUT2D eigenvalue weighted by Gasteiger charge is 2.23. The fourth-order valence-electron chi connectivity index (χ4n) is 5.52. The summed E-state index contributed by atoms with van der Waals surface area (Å²) in [6, 6.07) is 9.82. The first kappa shape index (κ1) is 29.7. The number of rotatable bonds is 8. The number of fused-ring (bicyclic) bond motifs is 3. The molecule has 0 amide bonds. The van der Waals surface area contributed by atoms with Crippen molar-refractivity contribution in [2.45, 2.75) is 6.92 Å². The van der Waals surface area contributed by atoms with Crippen molar-refractivity contribution in [3.8, 4) is 51.5 Å². The molecule has 1 aliphatic rings. The van der Waals surface area contributed by atoms with Crippen molar-refractivity contribution in [1.82, 2.24) is 14.4 Å². The van der Waals surface area contributed by atoms with E-state index in [4.69, 9.17) is 47.1 Å². The quantitative estimate of drug-likeness (QED) is 0.187. The molecule has 0 bridgehead atoms. The van der Waals surface area contributed by atoms with Gasteiger partial charge in [0.25, 0.3) is 0 Å². The Bertz CT molecular complexity index is 1900. The van der Waals surface area contributed by atoms with E-state index in [1.54, 1.807) is 33.6 Å². The minimum absolute atomic E-state index is 0.366. The van der Waals surface area contributed by atoms with Gasteiger partial charge in [0, 0.05) is 65.9 Å². The predicted molar refractivity (Wildman–Crippen MR) is 176 cm³/mol. The van der Waals surface area contributed by atoms with Crippen LogP contribution in [0.3, 0.4) is 0 Å². The monoisotopic (exact) mass is 631 g/mol. The van der Waals surface area contributed by atoms with Gasteiger partial charge in [-0.3, -0.25) is 9.38 Å². The van der Waals surface area contributed by atoms with Crippen molar-refractivity contribution in [2.24, 2.45) is 0 Å². The molecule has 3 aromatic heterocycles. The van der Waals surface area contributed by atoms with Gasteiger partial charge < -0.3 is 29.2 Å². The summed E-state index contributed by atoms with van der Waals surface area (Å²) in [5.74, 6) is 7.66. The zero-order chi connectivity index (χ0) is 30.8. The molecule has 44 heavy (non-hydrogen) atoms. The number of aromatic nitrogens is 3. The van der Waals surface area contributed by atoms with E-state index >= 15 is 0 Å². The first-order valence-corrected chi connectivity index (χ1v) is 14.8.